The van der Waals surface area contributed by atoms with E-state index in [9.17, 15) is 4.79 Å². The summed E-state index contributed by atoms with van der Waals surface area (Å²) < 4.78 is 10.7. The summed E-state index contributed by atoms with van der Waals surface area (Å²) in [5.41, 5.74) is 1.67. The molecule has 0 unspecified atom stereocenters. The Morgan fingerprint density at radius 3 is 3.18 bits per heavy atom. The average Bonchev–Trinajstić information content (AvgIpc) is 3.24. The van der Waals surface area contributed by atoms with Gasteiger partial charge < -0.3 is 19.6 Å². The molecular formula is C16H20N2O4. The van der Waals surface area contributed by atoms with Crippen molar-refractivity contribution < 1.29 is 19.1 Å². The normalized spacial score (nSPS) is 23.8. The lowest BCUT2D eigenvalue weighted by molar-refractivity contribution is -0.131. The van der Waals surface area contributed by atoms with Crippen LogP contribution in [0.15, 0.2) is 29.4 Å². The standard InChI is InChI=1S/C16H20N2O4/c1-20-12-5-2-4-11(8-12)14-9-15(22-18-14)16(19)17-10-13-6-3-7-21-13/h2,4-5,8,13,15H,3,6-7,9-10H2,1H3,(H,17,19)/t13-,15+/m0/s1. The van der Waals surface area contributed by atoms with Crippen LogP contribution in [0.5, 0.6) is 5.75 Å². The summed E-state index contributed by atoms with van der Waals surface area (Å²) in [6.45, 7) is 1.32. The van der Waals surface area contributed by atoms with E-state index in [4.69, 9.17) is 14.3 Å². The summed E-state index contributed by atoms with van der Waals surface area (Å²) in [7, 11) is 1.62. The van der Waals surface area contributed by atoms with Crippen molar-refractivity contribution in [3.8, 4) is 5.75 Å². The molecule has 0 aliphatic carbocycles. The topological polar surface area (TPSA) is 69.2 Å². The zero-order valence-electron chi connectivity index (χ0n) is 12.6. The minimum absolute atomic E-state index is 0.129. The molecule has 1 amide bonds. The molecule has 1 fully saturated rings. The fraction of sp³-hybridized carbons (Fsp3) is 0.500. The van der Waals surface area contributed by atoms with Crippen LogP contribution >= 0.6 is 0 Å². The maximum Gasteiger partial charge on any atom is 0.264 e. The van der Waals surface area contributed by atoms with Crippen molar-refractivity contribution in [2.45, 2.75) is 31.5 Å². The van der Waals surface area contributed by atoms with Crippen molar-refractivity contribution >= 4 is 11.6 Å². The first-order valence-corrected chi connectivity index (χ1v) is 7.52. The van der Waals surface area contributed by atoms with Crippen LogP contribution in [-0.2, 0) is 14.4 Å². The van der Waals surface area contributed by atoms with Crippen LogP contribution in [0.25, 0.3) is 0 Å². The van der Waals surface area contributed by atoms with Gasteiger partial charge in [0.2, 0.25) is 6.10 Å². The van der Waals surface area contributed by atoms with Crippen LogP contribution in [-0.4, -0.2) is 44.1 Å². The second-order valence-corrected chi connectivity index (χ2v) is 5.45. The molecule has 0 bridgehead atoms. The minimum Gasteiger partial charge on any atom is -0.497 e. The number of rotatable bonds is 5. The third-order valence-corrected chi connectivity index (χ3v) is 3.89. The van der Waals surface area contributed by atoms with Gasteiger partial charge in [-0.25, -0.2) is 0 Å². The summed E-state index contributed by atoms with van der Waals surface area (Å²) in [5.74, 6) is 0.614. The molecule has 0 aromatic heterocycles. The third-order valence-electron chi connectivity index (χ3n) is 3.89. The fourth-order valence-corrected chi connectivity index (χ4v) is 2.62. The molecule has 0 saturated carbocycles. The van der Waals surface area contributed by atoms with Gasteiger partial charge in [-0.2, -0.15) is 0 Å². The van der Waals surface area contributed by atoms with Gasteiger partial charge in [0.1, 0.15) is 5.75 Å². The van der Waals surface area contributed by atoms with E-state index in [0.717, 1.165) is 36.5 Å². The van der Waals surface area contributed by atoms with Crippen LogP contribution in [0.2, 0.25) is 0 Å². The highest BCUT2D eigenvalue weighted by atomic mass is 16.6. The van der Waals surface area contributed by atoms with Gasteiger partial charge in [0.25, 0.3) is 5.91 Å². The Hall–Kier alpha value is -2.08. The van der Waals surface area contributed by atoms with Crippen LogP contribution in [0.4, 0.5) is 0 Å². The van der Waals surface area contributed by atoms with E-state index in [1.807, 2.05) is 24.3 Å². The lowest BCUT2D eigenvalue weighted by Gasteiger charge is -2.13. The second kappa shape index (κ2) is 6.79. The van der Waals surface area contributed by atoms with Gasteiger partial charge in [0, 0.05) is 25.1 Å². The van der Waals surface area contributed by atoms with Crippen LogP contribution in [0.1, 0.15) is 24.8 Å². The lowest BCUT2D eigenvalue weighted by Crippen LogP contribution is -2.39. The largest absolute Gasteiger partial charge is 0.497 e. The summed E-state index contributed by atoms with van der Waals surface area (Å²) in [4.78, 5) is 17.4. The van der Waals surface area contributed by atoms with Crippen molar-refractivity contribution in [3.05, 3.63) is 29.8 Å². The van der Waals surface area contributed by atoms with E-state index >= 15 is 0 Å². The first-order chi connectivity index (χ1) is 10.8. The number of carbonyl (C=O) groups excluding carboxylic acids is 1. The molecule has 2 heterocycles. The van der Waals surface area contributed by atoms with Gasteiger partial charge >= 0.3 is 0 Å². The zero-order valence-corrected chi connectivity index (χ0v) is 12.6. The monoisotopic (exact) mass is 304 g/mol. The number of carbonyl (C=O) groups is 1. The summed E-state index contributed by atoms with van der Waals surface area (Å²) in [6, 6.07) is 7.57. The molecule has 3 rings (SSSR count). The Kier molecular flexibility index (Phi) is 4.58. The van der Waals surface area contributed by atoms with Crippen LogP contribution in [0, 0.1) is 0 Å². The molecular weight excluding hydrogens is 284 g/mol. The second-order valence-electron chi connectivity index (χ2n) is 5.45. The Morgan fingerprint density at radius 2 is 2.41 bits per heavy atom. The van der Waals surface area contributed by atoms with Crippen molar-refractivity contribution in [2.75, 3.05) is 20.3 Å². The van der Waals surface area contributed by atoms with Crippen molar-refractivity contribution in [3.63, 3.8) is 0 Å². The molecule has 1 aromatic carbocycles. The number of nitrogens with one attached hydrogen (secondary N) is 1. The van der Waals surface area contributed by atoms with Crippen LogP contribution < -0.4 is 10.1 Å². The van der Waals surface area contributed by atoms with Gasteiger partial charge in [0.05, 0.1) is 18.9 Å². The Morgan fingerprint density at radius 1 is 1.50 bits per heavy atom. The summed E-state index contributed by atoms with van der Waals surface area (Å²) in [6.07, 6.45) is 2.08. The smallest absolute Gasteiger partial charge is 0.264 e. The predicted molar refractivity (Wildman–Crippen MR) is 81.0 cm³/mol. The molecule has 1 N–H and O–H groups in total. The van der Waals surface area contributed by atoms with Crippen molar-refractivity contribution in [2.24, 2.45) is 5.16 Å². The van der Waals surface area contributed by atoms with E-state index in [0.29, 0.717) is 13.0 Å². The Bertz CT molecular complexity index is 567. The Labute approximate surface area is 129 Å². The zero-order chi connectivity index (χ0) is 15.4. The number of hydrogen-bond donors (Lipinski definition) is 1. The third kappa shape index (κ3) is 3.39. The maximum absolute atomic E-state index is 12.1. The summed E-state index contributed by atoms with van der Waals surface area (Å²) >= 11 is 0. The number of oxime groups is 1. The molecule has 2 aliphatic rings. The molecule has 1 saturated heterocycles. The number of nitrogens with zero attached hydrogens (tertiary/aromatic N) is 1. The number of amides is 1. The molecule has 2 atom stereocenters. The fourth-order valence-electron chi connectivity index (χ4n) is 2.62. The molecule has 1 aromatic rings. The van der Waals surface area contributed by atoms with E-state index in [-0.39, 0.29) is 12.0 Å². The highest BCUT2D eigenvalue weighted by Crippen LogP contribution is 2.20. The van der Waals surface area contributed by atoms with E-state index in [1.54, 1.807) is 7.11 Å². The predicted octanol–water partition coefficient (Wildman–Crippen LogP) is 1.48. The van der Waals surface area contributed by atoms with Gasteiger partial charge in [-0.3, -0.25) is 4.79 Å². The molecule has 0 radical (unpaired) electrons. The van der Waals surface area contributed by atoms with Gasteiger partial charge in [-0.15, -0.1) is 0 Å². The van der Waals surface area contributed by atoms with Crippen LogP contribution in [0.3, 0.4) is 0 Å². The van der Waals surface area contributed by atoms with Gasteiger partial charge in [-0.05, 0) is 25.0 Å². The molecule has 22 heavy (non-hydrogen) atoms. The molecule has 6 nitrogen and oxygen atoms in total. The molecule has 6 heteroatoms. The minimum atomic E-state index is -0.567. The Balaban J connectivity index is 1.53. The molecule has 118 valence electrons. The number of hydrogen-bond acceptors (Lipinski definition) is 5. The molecule has 2 aliphatic heterocycles. The maximum atomic E-state index is 12.1. The van der Waals surface area contributed by atoms with Gasteiger partial charge in [0.15, 0.2) is 0 Å². The first kappa shape index (κ1) is 14.8. The summed E-state index contributed by atoms with van der Waals surface area (Å²) in [5, 5.41) is 6.91. The van der Waals surface area contributed by atoms with E-state index in [2.05, 4.69) is 10.5 Å². The number of ether oxygens (including phenoxy) is 2. The SMILES string of the molecule is COc1cccc(C2=NO[C@@H](C(=O)NC[C@@H]3CCCO3)C2)c1. The number of benzene rings is 1. The highest BCUT2D eigenvalue weighted by Gasteiger charge is 2.29. The van der Waals surface area contributed by atoms with Crippen molar-refractivity contribution in [1.82, 2.24) is 5.32 Å². The quantitative estimate of drug-likeness (QED) is 0.894. The lowest BCUT2D eigenvalue weighted by atomic mass is 10.0. The average molecular weight is 304 g/mol. The van der Waals surface area contributed by atoms with Gasteiger partial charge in [-0.1, -0.05) is 17.3 Å². The first-order valence-electron chi connectivity index (χ1n) is 7.52. The molecule has 0 spiro atoms. The highest BCUT2D eigenvalue weighted by molar-refractivity contribution is 6.04. The number of methoxy groups -OCH3 is 1. The van der Waals surface area contributed by atoms with E-state index < -0.39 is 6.10 Å². The van der Waals surface area contributed by atoms with E-state index in [1.165, 1.54) is 0 Å². The van der Waals surface area contributed by atoms with Crippen molar-refractivity contribution in [1.29, 1.82) is 0 Å².